The fraction of sp³-hybridized carbons (Fsp3) is 0.333. The van der Waals surface area contributed by atoms with Gasteiger partial charge in [0.25, 0.3) is 0 Å². The lowest BCUT2D eigenvalue weighted by atomic mass is 10.1. The summed E-state index contributed by atoms with van der Waals surface area (Å²) in [6, 6.07) is 0. The van der Waals surface area contributed by atoms with Crippen molar-refractivity contribution in [1.82, 2.24) is 14.9 Å². The normalized spacial score (nSPS) is 14.5. The first-order valence-electron chi connectivity index (χ1n) is 5.45. The second-order valence-electron chi connectivity index (χ2n) is 3.74. The zero-order valence-corrected chi connectivity index (χ0v) is 9.04. The van der Waals surface area contributed by atoms with E-state index >= 15 is 0 Å². The van der Waals surface area contributed by atoms with Crippen molar-refractivity contribution in [3.63, 3.8) is 0 Å². The molecule has 0 radical (unpaired) electrons. The van der Waals surface area contributed by atoms with Crippen LogP contribution in [-0.4, -0.2) is 22.0 Å². The van der Waals surface area contributed by atoms with E-state index in [9.17, 15) is 4.79 Å². The monoisotopic (exact) mass is 217 g/mol. The summed E-state index contributed by atoms with van der Waals surface area (Å²) in [5.74, 6) is 0.00359. The minimum atomic E-state index is -0.0757. The molecule has 1 aromatic heterocycles. The predicted octanol–water partition coefficient (Wildman–Crippen LogP) is 1.13. The van der Waals surface area contributed by atoms with E-state index in [1.165, 1.54) is 0 Å². The molecule has 0 aliphatic heterocycles. The fourth-order valence-electron chi connectivity index (χ4n) is 1.62. The van der Waals surface area contributed by atoms with Crippen LogP contribution < -0.4 is 5.32 Å². The molecule has 1 aromatic rings. The molecule has 0 bridgehead atoms. The number of aryl methyl sites for hydroxylation is 1. The van der Waals surface area contributed by atoms with Crippen LogP contribution in [0.4, 0.5) is 0 Å². The van der Waals surface area contributed by atoms with E-state index in [4.69, 9.17) is 0 Å². The smallest absolute Gasteiger partial charge is 0.230 e. The number of amides is 1. The van der Waals surface area contributed by atoms with Gasteiger partial charge in [0.05, 0.1) is 12.2 Å². The topological polar surface area (TPSA) is 46.9 Å². The van der Waals surface area contributed by atoms with Gasteiger partial charge in [-0.1, -0.05) is 24.3 Å². The molecule has 1 N–H and O–H groups in total. The van der Waals surface area contributed by atoms with Crippen molar-refractivity contribution in [1.29, 1.82) is 0 Å². The molecule has 1 aliphatic rings. The van der Waals surface area contributed by atoms with Crippen LogP contribution in [0.5, 0.6) is 0 Å². The minimum absolute atomic E-state index is 0.0757. The lowest BCUT2D eigenvalue weighted by molar-refractivity contribution is -0.122. The summed E-state index contributed by atoms with van der Waals surface area (Å²) in [7, 11) is 0. The van der Waals surface area contributed by atoms with Gasteiger partial charge in [-0.05, 0) is 6.42 Å². The van der Waals surface area contributed by atoms with Gasteiger partial charge >= 0.3 is 0 Å². The van der Waals surface area contributed by atoms with Crippen LogP contribution in [0.1, 0.15) is 6.42 Å². The molecule has 0 aromatic carbocycles. The van der Waals surface area contributed by atoms with E-state index in [1.807, 2.05) is 35.1 Å². The Morgan fingerprint density at radius 1 is 1.38 bits per heavy atom. The molecule has 1 aliphatic carbocycles. The molecule has 4 heteroatoms. The van der Waals surface area contributed by atoms with Gasteiger partial charge in [0.15, 0.2) is 0 Å². The Kier molecular flexibility index (Phi) is 3.53. The number of rotatable bonds is 5. The molecule has 1 amide bonds. The quantitative estimate of drug-likeness (QED) is 0.752. The third kappa shape index (κ3) is 2.82. The first-order chi connectivity index (χ1) is 7.86. The van der Waals surface area contributed by atoms with Crippen molar-refractivity contribution >= 4 is 5.91 Å². The van der Waals surface area contributed by atoms with E-state index in [2.05, 4.69) is 10.3 Å². The molecule has 16 heavy (non-hydrogen) atoms. The Morgan fingerprint density at radius 3 is 2.88 bits per heavy atom. The second-order valence-corrected chi connectivity index (χ2v) is 3.74. The maximum Gasteiger partial charge on any atom is 0.230 e. The summed E-state index contributed by atoms with van der Waals surface area (Å²) in [6.45, 7) is 1.59. The number of hydrogen-bond donors (Lipinski definition) is 1. The summed E-state index contributed by atoms with van der Waals surface area (Å²) in [5, 5.41) is 2.91. The number of nitrogens with zero attached hydrogens (tertiary/aromatic N) is 2. The Morgan fingerprint density at radius 2 is 2.19 bits per heavy atom. The Hall–Kier alpha value is -1.84. The molecule has 0 saturated carbocycles. The first-order valence-corrected chi connectivity index (χ1v) is 5.45. The third-order valence-corrected chi connectivity index (χ3v) is 2.50. The van der Waals surface area contributed by atoms with E-state index in [0.717, 1.165) is 13.0 Å². The molecule has 2 rings (SSSR count). The van der Waals surface area contributed by atoms with Gasteiger partial charge in [0, 0.05) is 25.5 Å². The minimum Gasteiger partial charge on any atom is -0.355 e. The fourth-order valence-corrected chi connectivity index (χ4v) is 1.62. The molecule has 1 heterocycles. The summed E-state index contributed by atoms with van der Waals surface area (Å²) in [5.41, 5.74) is 0. The number of carbonyl (C=O) groups excluding carboxylic acids is 1. The standard InChI is InChI=1S/C12H15N3O/c16-12(11-4-1-2-5-11)14-6-3-8-15-9-7-13-10-15/h1-2,4-5,7,9-11H,3,6,8H2,(H,14,16). The summed E-state index contributed by atoms with van der Waals surface area (Å²) in [4.78, 5) is 15.5. The molecule has 0 saturated heterocycles. The van der Waals surface area contributed by atoms with Gasteiger partial charge in [-0.15, -0.1) is 0 Å². The average molecular weight is 217 g/mol. The lowest BCUT2D eigenvalue weighted by Gasteiger charge is -2.07. The first kappa shape index (κ1) is 10.7. The number of allylic oxidation sites excluding steroid dienone is 2. The molecule has 0 unspecified atom stereocenters. The third-order valence-electron chi connectivity index (χ3n) is 2.50. The predicted molar refractivity (Wildman–Crippen MR) is 61.6 cm³/mol. The Labute approximate surface area is 94.7 Å². The van der Waals surface area contributed by atoms with Gasteiger partial charge < -0.3 is 9.88 Å². The number of imidazole rings is 1. The summed E-state index contributed by atoms with van der Waals surface area (Å²) >= 11 is 0. The van der Waals surface area contributed by atoms with Crippen LogP contribution >= 0.6 is 0 Å². The zero-order chi connectivity index (χ0) is 11.2. The van der Waals surface area contributed by atoms with Gasteiger partial charge in [-0.2, -0.15) is 0 Å². The van der Waals surface area contributed by atoms with Crippen molar-refractivity contribution < 1.29 is 4.79 Å². The number of carbonyl (C=O) groups is 1. The molecule has 0 fully saturated rings. The van der Waals surface area contributed by atoms with Crippen LogP contribution in [0.25, 0.3) is 0 Å². The van der Waals surface area contributed by atoms with E-state index in [0.29, 0.717) is 6.54 Å². The SMILES string of the molecule is O=C(NCCCn1ccnc1)C1C=CC=C1. The highest BCUT2D eigenvalue weighted by atomic mass is 16.1. The van der Waals surface area contributed by atoms with E-state index in [-0.39, 0.29) is 11.8 Å². The van der Waals surface area contributed by atoms with E-state index < -0.39 is 0 Å². The molecule has 0 spiro atoms. The van der Waals surface area contributed by atoms with Crippen LogP contribution in [0.15, 0.2) is 43.0 Å². The van der Waals surface area contributed by atoms with E-state index in [1.54, 1.807) is 12.5 Å². The highest BCUT2D eigenvalue weighted by molar-refractivity contribution is 5.83. The maximum atomic E-state index is 11.6. The van der Waals surface area contributed by atoms with Crippen LogP contribution in [0.2, 0.25) is 0 Å². The molecular formula is C12H15N3O. The summed E-state index contributed by atoms with van der Waals surface area (Å²) < 4.78 is 2.00. The van der Waals surface area contributed by atoms with Crippen molar-refractivity contribution in [3.05, 3.63) is 43.0 Å². The van der Waals surface area contributed by atoms with Crippen LogP contribution in [0.3, 0.4) is 0 Å². The largest absolute Gasteiger partial charge is 0.355 e. The number of nitrogens with one attached hydrogen (secondary N) is 1. The lowest BCUT2D eigenvalue weighted by Crippen LogP contribution is -2.29. The van der Waals surface area contributed by atoms with Gasteiger partial charge in [0.2, 0.25) is 5.91 Å². The Bertz CT molecular complexity index is 380. The zero-order valence-electron chi connectivity index (χ0n) is 9.04. The molecule has 84 valence electrons. The highest BCUT2D eigenvalue weighted by Crippen LogP contribution is 2.08. The highest BCUT2D eigenvalue weighted by Gasteiger charge is 2.12. The van der Waals surface area contributed by atoms with Crippen molar-refractivity contribution in [2.75, 3.05) is 6.54 Å². The molecular weight excluding hydrogens is 202 g/mol. The number of hydrogen-bond acceptors (Lipinski definition) is 2. The molecule has 0 atom stereocenters. The average Bonchev–Trinajstić information content (AvgIpc) is 2.96. The Balaban J connectivity index is 1.63. The maximum absolute atomic E-state index is 11.6. The van der Waals surface area contributed by atoms with Crippen molar-refractivity contribution in [2.45, 2.75) is 13.0 Å². The van der Waals surface area contributed by atoms with Crippen molar-refractivity contribution in [3.8, 4) is 0 Å². The van der Waals surface area contributed by atoms with Gasteiger partial charge in [-0.3, -0.25) is 4.79 Å². The van der Waals surface area contributed by atoms with Crippen LogP contribution in [0, 0.1) is 5.92 Å². The molecule has 4 nitrogen and oxygen atoms in total. The second kappa shape index (κ2) is 5.30. The van der Waals surface area contributed by atoms with Gasteiger partial charge in [-0.25, -0.2) is 4.98 Å². The number of aromatic nitrogens is 2. The van der Waals surface area contributed by atoms with Crippen molar-refractivity contribution in [2.24, 2.45) is 5.92 Å². The van der Waals surface area contributed by atoms with Gasteiger partial charge in [0.1, 0.15) is 0 Å². The summed E-state index contributed by atoms with van der Waals surface area (Å²) in [6.07, 6.45) is 14.0. The van der Waals surface area contributed by atoms with Crippen LogP contribution in [-0.2, 0) is 11.3 Å².